The Morgan fingerprint density at radius 3 is 2.88 bits per heavy atom. The molecule has 2 unspecified atom stereocenters. The van der Waals surface area contributed by atoms with E-state index < -0.39 is 0 Å². The number of rotatable bonds is 9. The summed E-state index contributed by atoms with van der Waals surface area (Å²) in [6.45, 7) is 13.3. The summed E-state index contributed by atoms with van der Waals surface area (Å²) in [6, 6.07) is 0. The van der Waals surface area contributed by atoms with Gasteiger partial charge in [0.15, 0.2) is 11.8 Å². The van der Waals surface area contributed by atoms with Gasteiger partial charge < -0.3 is 24.2 Å². The number of guanidine groups is 1. The number of ether oxygens (including phenoxy) is 2. The number of nitrogens with one attached hydrogen (secondary N) is 1. The van der Waals surface area contributed by atoms with Crippen molar-refractivity contribution in [1.82, 2.24) is 20.4 Å². The highest BCUT2D eigenvalue weighted by molar-refractivity contribution is 14.0. The van der Waals surface area contributed by atoms with Crippen LogP contribution in [0.3, 0.4) is 0 Å². The van der Waals surface area contributed by atoms with E-state index in [1.165, 1.54) is 0 Å². The van der Waals surface area contributed by atoms with Crippen LogP contribution in [0.15, 0.2) is 9.52 Å². The van der Waals surface area contributed by atoms with Gasteiger partial charge in [0.1, 0.15) is 12.6 Å². The van der Waals surface area contributed by atoms with Gasteiger partial charge in [0.2, 0.25) is 5.89 Å². The summed E-state index contributed by atoms with van der Waals surface area (Å²) in [4.78, 5) is 11.3. The van der Waals surface area contributed by atoms with Gasteiger partial charge in [-0.2, -0.15) is 4.98 Å². The fourth-order valence-corrected chi connectivity index (χ4v) is 2.84. The van der Waals surface area contributed by atoms with Crippen LogP contribution in [-0.4, -0.2) is 60.5 Å². The number of aliphatic imine (C=N–C) groups is 1. The van der Waals surface area contributed by atoms with Gasteiger partial charge in [-0.25, -0.2) is 4.99 Å². The molecule has 1 N–H and O–H groups in total. The lowest BCUT2D eigenvalue weighted by atomic mass is 10.1. The highest BCUT2D eigenvalue weighted by Gasteiger charge is 2.25. The number of likely N-dealkylation sites (tertiary alicyclic amines) is 1. The van der Waals surface area contributed by atoms with Crippen molar-refractivity contribution < 1.29 is 14.0 Å². The first-order valence-corrected chi connectivity index (χ1v) is 9.22. The van der Waals surface area contributed by atoms with Gasteiger partial charge in [-0.3, -0.25) is 0 Å². The molecule has 0 saturated carbocycles. The van der Waals surface area contributed by atoms with Crippen molar-refractivity contribution in [2.45, 2.75) is 46.8 Å². The number of aromatic nitrogens is 2. The molecule has 8 nitrogen and oxygen atoms in total. The highest BCUT2D eigenvalue weighted by Crippen LogP contribution is 2.17. The van der Waals surface area contributed by atoms with Crippen molar-refractivity contribution >= 4 is 29.9 Å². The topological polar surface area (TPSA) is 85.0 Å². The van der Waals surface area contributed by atoms with E-state index in [1.54, 1.807) is 0 Å². The molecule has 1 aromatic heterocycles. The van der Waals surface area contributed by atoms with Crippen molar-refractivity contribution in [3.8, 4) is 0 Å². The molecule has 1 aliphatic heterocycles. The summed E-state index contributed by atoms with van der Waals surface area (Å²) >= 11 is 0. The first-order chi connectivity index (χ1) is 12.2. The minimum Gasteiger partial charge on any atom is -0.381 e. The van der Waals surface area contributed by atoms with Crippen LogP contribution in [0, 0.1) is 5.92 Å². The Hall–Kier alpha value is -0.940. The molecule has 1 aliphatic rings. The molecule has 0 bridgehead atoms. The average Bonchev–Trinajstić information content (AvgIpc) is 3.26. The maximum atomic E-state index is 5.55. The number of hydrogen-bond donors (Lipinski definition) is 1. The second-order valence-corrected chi connectivity index (χ2v) is 6.07. The van der Waals surface area contributed by atoms with E-state index >= 15 is 0 Å². The van der Waals surface area contributed by atoms with Crippen LogP contribution in [-0.2, 0) is 16.0 Å². The zero-order chi connectivity index (χ0) is 18.1. The summed E-state index contributed by atoms with van der Waals surface area (Å²) in [5.41, 5.74) is 0. The van der Waals surface area contributed by atoms with E-state index in [4.69, 9.17) is 14.0 Å². The first-order valence-electron chi connectivity index (χ1n) is 9.22. The molecule has 150 valence electrons. The predicted octanol–water partition coefficient (Wildman–Crippen LogP) is 2.61. The molecule has 0 spiro atoms. The third kappa shape index (κ3) is 6.99. The zero-order valence-electron chi connectivity index (χ0n) is 16.2. The second-order valence-electron chi connectivity index (χ2n) is 6.07. The molecule has 0 aliphatic carbocycles. The fraction of sp³-hybridized carbons (Fsp3) is 0.824. The molecule has 1 saturated heterocycles. The van der Waals surface area contributed by atoms with Crippen molar-refractivity contribution in [2.75, 3.05) is 39.5 Å². The highest BCUT2D eigenvalue weighted by atomic mass is 127. The maximum Gasteiger partial charge on any atom is 0.248 e. The standard InChI is InChI=1S/C17H31N5O3.HI/c1-5-18-17(22-9-8-14(11-22)12-23-6-2)19-10-15-20-16(21-25-15)13(4)24-7-3;/h13-14H,5-12H2,1-4H3,(H,18,19);1H. The minimum atomic E-state index is -0.169. The molecule has 0 radical (unpaired) electrons. The van der Waals surface area contributed by atoms with Crippen LogP contribution in [0.4, 0.5) is 0 Å². The fourth-order valence-electron chi connectivity index (χ4n) is 2.84. The molecular weight excluding hydrogens is 449 g/mol. The van der Waals surface area contributed by atoms with Gasteiger partial charge in [0.25, 0.3) is 0 Å². The van der Waals surface area contributed by atoms with E-state index in [-0.39, 0.29) is 30.1 Å². The Balaban J connectivity index is 0.00000338. The van der Waals surface area contributed by atoms with Crippen LogP contribution in [0.2, 0.25) is 0 Å². The average molecular weight is 481 g/mol. The van der Waals surface area contributed by atoms with E-state index in [0.717, 1.165) is 45.2 Å². The molecule has 1 fully saturated rings. The number of nitrogens with zero attached hydrogens (tertiary/aromatic N) is 4. The molecule has 2 rings (SSSR count). The smallest absolute Gasteiger partial charge is 0.248 e. The SMILES string of the molecule is CCNC(=NCc1nc(C(C)OCC)no1)N1CCC(COCC)C1.I. The van der Waals surface area contributed by atoms with Crippen LogP contribution < -0.4 is 5.32 Å². The van der Waals surface area contributed by atoms with Crippen molar-refractivity contribution in [3.05, 3.63) is 11.7 Å². The molecular formula is C17H32IN5O3. The third-order valence-electron chi connectivity index (χ3n) is 4.11. The molecule has 0 amide bonds. The van der Waals surface area contributed by atoms with Crippen LogP contribution >= 0.6 is 24.0 Å². The van der Waals surface area contributed by atoms with E-state index in [0.29, 0.717) is 30.8 Å². The zero-order valence-corrected chi connectivity index (χ0v) is 18.6. The van der Waals surface area contributed by atoms with Gasteiger partial charge in [-0.1, -0.05) is 5.16 Å². The molecule has 2 atom stereocenters. The maximum absolute atomic E-state index is 5.55. The Kier molecular flexibility index (Phi) is 11.1. The quantitative estimate of drug-likeness (QED) is 0.330. The minimum absolute atomic E-state index is 0. The monoisotopic (exact) mass is 481 g/mol. The summed E-state index contributed by atoms with van der Waals surface area (Å²) in [6.07, 6.45) is 0.957. The molecule has 9 heteroatoms. The summed E-state index contributed by atoms with van der Waals surface area (Å²) < 4.78 is 16.3. The lowest BCUT2D eigenvalue weighted by Gasteiger charge is -2.21. The van der Waals surface area contributed by atoms with Crippen molar-refractivity contribution in [2.24, 2.45) is 10.9 Å². The van der Waals surface area contributed by atoms with Crippen LogP contribution in [0.25, 0.3) is 0 Å². The number of hydrogen-bond acceptors (Lipinski definition) is 6. The van der Waals surface area contributed by atoms with Gasteiger partial charge in [-0.05, 0) is 34.1 Å². The largest absolute Gasteiger partial charge is 0.381 e. The molecule has 2 heterocycles. The first kappa shape index (κ1) is 23.1. The predicted molar refractivity (Wildman–Crippen MR) is 111 cm³/mol. The number of halogens is 1. The summed E-state index contributed by atoms with van der Waals surface area (Å²) in [5.74, 6) is 2.52. The Labute approximate surface area is 173 Å². The Morgan fingerprint density at radius 1 is 1.38 bits per heavy atom. The normalized spacial score (nSPS) is 18.7. The van der Waals surface area contributed by atoms with Crippen molar-refractivity contribution in [3.63, 3.8) is 0 Å². The van der Waals surface area contributed by atoms with Crippen LogP contribution in [0.5, 0.6) is 0 Å². The summed E-state index contributed by atoms with van der Waals surface area (Å²) in [7, 11) is 0. The van der Waals surface area contributed by atoms with E-state index in [1.807, 2.05) is 20.8 Å². The van der Waals surface area contributed by atoms with Gasteiger partial charge in [-0.15, -0.1) is 24.0 Å². The Bertz CT molecular complexity index is 540. The van der Waals surface area contributed by atoms with Crippen molar-refractivity contribution in [1.29, 1.82) is 0 Å². The molecule has 0 aromatic carbocycles. The lowest BCUT2D eigenvalue weighted by molar-refractivity contribution is 0.0683. The van der Waals surface area contributed by atoms with Gasteiger partial charge in [0, 0.05) is 38.8 Å². The molecule has 1 aromatic rings. The lowest BCUT2D eigenvalue weighted by Crippen LogP contribution is -2.40. The van der Waals surface area contributed by atoms with E-state index in [2.05, 4.69) is 32.3 Å². The third-order valence-corrected chi connectivity index (χ3v) is 4.11. The second kappa shape index (κ2) is 12.4. The van der Waals surface area contributed by atoms with E-state index in [9.17, 15) is 0 Å². The Morgan fingerprint density at radius 2 is 2.19 bits per heavy atom. The van der Waals surface area contributed by atoms with Crippen LogP contribution in [0.1, 0.15) is 51.9 Å². The molecule has 26 heavy (non-hydrogen) atoms. The van der Waals surface area contributed by atoms with Gasteiger partial charge in [0.05, 0.1) is 6.61 Å². The summed E-state index contributed by atoms with van der Waals surface area (Å²) in [5, 5.41) is 7.31. The van der Waals surface area contributed by atoms with Gasteiger partial charge >= 0.3 is 0 Å².